The van der Waals surface area contributed by atoms with Gasteiger partial charge in [-0.1, -0.05) is 17.7 Å². The first-order valence-corrected chi connectivity index (χ1v) is 11.3. The Hall–Kier alpha value is -2.25. The highest BCUT2D eigenvalue weighted by atomic mass is 35.5. The fourth-order valence-corrected chi connectivity index (χ4v) is 4.35. The molecule has 1 fully saturated rings. The van der Waals surface area contributed by atoms with Crippen LogP contribution in [0.25, 0.3) is 0 Å². The van der Waals surface area contributed by atoms with Crippen molar-refractivity contribution < 1.29 is 14.0 Å². The average Bonchev–Trinajstić information content (AvgIpc) is 2.74. The summed E-state index contributed by atoms with van der Waals surface area (Å²) in [5, 5.41) is 6.15. The number of nitrogens with zero attached hydrogens (tertiary/aromatic N) is 1. The number of carbonyl (C=O) groups excluding carboxylic acids is 2. The van der Waals surface area contributed by atoms with E-state index < -0.39 is 5.82 Å². The molecular weight excluding hydrogens is 425 g/mol. The van der Waals surface area contributed by atoms with Crippen molar-refractivity contribution in [3.8, 4) is 0 Å². The number of hydrogen-bond acceptors (Lipinski definition) is 3. The molecule has 0 aliphatic carbocycles. The van der Waals surface area contributed by atoms with Crippen LogP contribution in [0.2, 0.25) is 5.02 Å². The molecule has 0 bridgehead atoms. The van der Waals surface area contributed by atoms with E-state index in [0.717, 1.165) is 30.0 Å². The van der Waals surface area contributed by atoms with Gasteiger partial charge in [-0.3, -0.25) is 4.79 Å². The van der Waals surface area contributed by atoms with Crippen LogP contribution in [0.15, 0.2) is 53.4 Å². The molecule has 3 amide bonds. The van der Waals surface area contributed by atoms with Crippen molar-refractivity contribution in [3.05, 3.63) is 59.4 Å². The van der Waals surface area contributed by atoms with Gasteiger partial charge in [0.15, 0.2) is 0 Å². The molecule has 2 aromatic rings. The molecule has 0 unspecified atom stereocenters. The van der Waals surface area contributed by atoms with E-state index in [1.54, 1.807) is 23.9 Å². The zero-order chi connectivity index (χ0) is 21.3. The largest absolute Gasteiger partial charge is 0.342 e. The third-order valence-corrected chi connectivity index (χ3v) is 6.17. The first-order chi connectivity index (χ1) is 14.5. The van der Waals surface area contributed by atoms with Gasteiger partial charge in [-0.2, -0.15) is 0 Å². The second-order valence-electron chi connectivity index (χ2n) is 7.25. The molecule has 0 saturated carbocycles. The van der Waals surface area contributed by atoms with Gasteiger partial charge in [-0.05, 0) is 61.2 Å². The molecule has 2 aromatic carbocycles. The van der Waals surface area contributed by atoms with Gasteiger partial charge in [-0.25, -0.2) is 9.18 Å². The molecule has 0 radical (unpaired) electrons. The molecule has 1 saturated heterocycles. The van der Waals surface area contributed by atoms with E-state index in [9.17, 15) is 14.0 Å². The van der Waals surface area contributed by atoms with Gasteiger partial charge in [-0.15, -0.1) is 11.8 Å². The summed E-state index contributed by atoms with van der Waals surface area (Å²) in [5.41, 5.74) is 0.408. The molecule has 5 nitrogen and oxygen atoms in total. The predicted octanol–water partition coefficient (Wildman–Crippen LogP) is 5.02. The van der Waals surface area contributed by atoms with Crippen LogP contribution in [-0.2, 0) is 4.79 Å². The standard InChI is InChI=1S/C22H25ClFN3O2S/c23-17-6-8-20(9-7-17)30-12-10-21(28)27-11-2-3-16(15-27)14-25-22(29)26-19-5-1-4-18(24)13-19/h1,4-9,13,16H,2-3,10-12,14-15H2,(H2,25,26,29)/t16-/m1/s1. The number of thioether (sulfide) groups is 1. The monoisotopic (exact) mass is 449 g/mol. The minimum atomic E-state index is -0.400. The van der Waals surface area contributed by atoms with Gasteiger partial charge >= 0.3 is 6.03 Å². The predicted molar refractivity (Wildman–Crippen MR) is 120 cm³/mol. The van der Waals surface area contributed by atoms with Crippen LogP contribution in [-0.4, -0.2) is 42.2 Å². The van der Waals surface area contributed by atoms with Gasteiger partial charge < -0.3 is 15.5 Å². The number of rotatable bonds is 7. The Kier molecular flexibility index (Phi) is 8.39. The van der Waals surface area contributed by atoms with Crippen molar-refractivity contribution in [1.82, 2.24) is 10.2 Å². The third-order valence-electron chi connectivity index (χ3n) is 4.90. The zero-order valence-corrected chi connectivity index (χ0v) is 18.1. The molecule has 2 N–H and O–H groups in total. The highest BCUT2D eigenvalue weighted by molar-refractivity contribution is 7.99. The number of halogens is 2. The van der Waals surface area contributed by atoms with Gasteiger partial charge in [0, 0.05) is 47.4 Å². The lowest BCUT2D eigenvalue weighted by Crippen LogP contribution is -2.44. The van der Waals surface area contributed by atoms with E-state index in [0.29, 0.717) is 30.2 Å². The van der Waals surface area contributed by atoms with Crippen molar-refractivity contribution in [1.29, 1.82) is 0 Å². The van der Waals surface area contributed by atoms with Crippen LogP contribution in [0.4, 0.5) is 14.9 Å². The second kappa shape index (κ2) is 11.2. The molecular formula is C22H25ClFN3O2S. The molecule has 160 valence electrons. The average molecular weight is 450 g/mol. The van der Waals surface area contributed by atoms with Crippen LogP contribution in [0.3, 0.4) is 0 Å². The first-order valence-electron chi connectivity index (χ1n) is 9.96. The van der Waals surface area contributed by atoms with Crippen LogP contribution in [0, 0.1) is 11.7 Å². The van der Waals surface area contributed by atoms with Crippen molar-refractivity contribution in [2.45, 2.75) is 24.2 Å². The molecule has 0 aromatic heterocycles. The Balaban J connectivity index is 1.38. The fraction of sp³-hybridized carbons (Fsp3) is 0.364. The number of piperidine rings is 1. The Bertz CT molecular complexity index is 866. The van der Waals surface area contributed by atoms with Gasteiger partial charge in [0.2, 0.25) is 5.91 Å². The number of anilines is 1. The maximum absolute atomic E-state index is 13.2. The van der Waals surface area contributed by atoms with E-state index in [1.807, 2.05) is 29.2 Å². The number of likely N-dealkylation sites (tertiary alicyclic amines) is 1. The molecule has 30 heavy (non-hydrogen) atoms. The number of benzene rings is 2. The third kappa shape index (κ3) is 7.22. The Morgan fingerprint density at radius 1 is 1.20 bits per heavy atom. The molecule has 0 spiro atoms. The maximum Gasteiger partial charge on any atom is 0.319 e. The normalized spacial score (nSPS) is 16.2. The quantitative estimate of drug-likeness (QED) is 0.583. The van der Waals surface area contributed by atoms with Gasteiger partial charge in [0.1, 0.15) is 5.82 Å². The minimum absolute atomic E-state index is 0.144. The van der Waals surface area contributed by atoms with E-state index in [4.69, 9.17) is 11.6 Å². The Morgan fingerprint density at radius 2 is 2.00 bits per heavy atom. The summed E-state index contributed by atoms with van der Waals surface area (Å²) >= 11 is 7.53. The van der Waals surface area contributed by atoms with Crippen molar-refractivity contribution >= 4 is 41.0 Å². The summed E-state index contributed by atoms with van der Waals surface area (Å²) in [6.45, 7) is 1.88. The number of hydrogen-bond donors (Lipinski definition) is 2. The minimum Gasteiger partial charge on any atom is -0.342 e. The number of amides is 3. The van der Waals surface area contributed by atoms with Gasteiger partial charge in [0.25, 0.3) is 0 Å². The lowest BCUT2D eigenvalue weighted by Gasteiger charge is -2.33. The summed E-state index contributed by atoms with van der Waals surface area (Å²) < 4.78 is 13.2. The molecule has 8 heteroatoms. The van der Waals surface area contributed by atoms with Crippen LogP contribution in [0.5, 0.6) is 0 Å². The smallest absolute Gasteiger partial charge is 0.319 e. The van der Waals surface area contributed by atoms with E-state index in [-0.39, 0.29) is 17.9 Å². The van der Waals surface area contributed by atoms with Gasteiger partial charge in [0.05, 0.1) is 0 Å². The fourth-order valence-electron chi connectivity index (χ4n) is 3.38. The SMILES string of the molecule is O=C(NC[C@H]1CCCN(C(=O)CCSc2ccc(Cl)cc2)C1)Nc1cccc(F)c1. The number of nitrogens with one attached hydrogen (secondary N) is 2. The molecule has 1 heterocycles. The van der Waals surface area contributed by atoms with Crippen molar-refractivity contribution in [2.24, 2.45) is 5.92 Å². The van der Waals surface area contributed by atoms with Crippen LogP contribution >= 0.6 is 23.4 Å². The first kappa shape index (κ1) is 22.4. The summed E-state index contributed by atoms with van der Waals surface area (Å²) in [6.07, 6.45) is 2.37. The molecule has 1 aliphatic heterocycles. The number of urea groups is 1. The highest BCUT2D eigenvalue weighted by Gasteiger charge is 2.23. The second-order valence-corrected chi connectivity index (χ2v) is 8.85. The van der Waals surface area contributed by atoms with Crippen molar-refractivity contribution in [3.63, 3.8) is 0 Å². The summed E-state index contributed by atoms with van der Waals surface area (Å²) in [4.78, 5) is 27.6. The zero-order valence-electron chi connectivity index (χ0n) is 16.6. The highest BCUT2D eigenvalue weighted by Crippen LogP contribution is 2.22. The van der Waals surface area contributed by atoms with Crippen LogP contribution < -0.4 is 10.6 Å². The topological polar surface area (TPSA) is 61.4 Å². The van der Waals surface area contributed by atoms with E-state index in [1.165, 1.54) is 12.1 Å². The maximum atomic E-state index is 13.2. The van der Waals surface area contributed by atoms with Crippen molar-refractivity contribution in [2.75, 3.05) is 30.7 Å². The van der Waals surface area contributed by atoms with E-state index >= 15 is 0 Å². The molecule has 3 rings (SSSR count). The summed E-state index contributed by atoms with van der Waals surface area (Å²) in [5.74, 6) is 0.675. The lowest BCUT2D eigenvalue weighted by atomic mass is 9.98. The summed E-state index contributed by atoms with van der Waals surface area (Å²) in [6, 6.07) is 13.0. The molecule has 1 aliphatic rings. The van der Waals surface area contributed by atoms with E-state index in [2.05, 4.69) is 10.6 Å². The molecule has 1 atom stereocenters. The summed E-state index contributed by atoms with van der Waals surface area (Å²) in [7, 11) is 0. The Morgan fingerprint density at radius 3 is 2.77 bits per heavy atom. The Labute approximate surface area is 185 Å². The lowest BCUT2D eigenvalue weighted by molar-refractivity contribution is -0.132. The van der Waals surface area contributed by atoms with Crippen LogP contribution in [0.1, 0.15) is 19.3 Å². The number of carbonyl (C=O) groups is 2.